The molecule has 0 amide bonds. The minimum atomic E-state index is 0.954. The summed E-state index contributed by atoms with van der Waals surface area (Å²) in [6.07, 6.45) is 0. The predicted molar refractivity (Wildman–Crippen MR) is 209 cm³/mol. The lowest BCUT2D eigenvalue weighted by Gasteiger charge is -2.26. The predicted octanol–water partition coefficient (Wildman–Crippen LogP) is 12.6. The largest absolute Gasteiger partial charge is 0.295 e. The topological polar surface area (TPSA) is 21.1 Å². The number of benzene rings is 7. The molecule has 1 aliphatic rings. The maximum absolute atomic E-state index is 5.14. The lowest BCUT2D eigenvalue weighted by molar-refractivity contribution is 1.09. The summed E-state index contributed by atoms with van der Waals surface area (Å²) < 4.78 is 2.44. The first-order valence-electron chi connectivity index (χ1n) is 17.1. The maximum Gasteiger partial charge on any atom is 0.123 e. The Hall–Kier alpha value is -6.71. The molecular formula is C47H31N3. The molecule has 50 heavy (non-hydrogen) atoms. The molecule has 0 saturated heterocycles. The molecule has 0 N–H and O–H groups in total. The summed E-state index contributed by atoms with van der Waals surface area (Å²) in [6, 6.07) is 67.5. The van der Waals surface area contributed by atoms with Crippen molar-refractivity contribution in [2.75, 3.05) is 4.90 Å². The summed E-state index contributed by atoms with van der Waals surface area (Å²) in [4.78, 5) is 7.57. The summed E-state index contributed by atoms with van der Waals surface area (Å²) in [7, 11) is 0. The van der Waals surface area contributed by atoms with Crippen molar-refractivity contribution in [2.45, 2.75) is 0 Å². The van der Waals surface area contributed by atoms with E-state index in [0.717, 1.165) is 50.8 Å². The minimum Gasteiger partial charge on any atom is -0.295 e. The second kappa shape index (κ2) is 11.5. The third kappa shape index (κ3) is 4.63. The van der Waals surface area contributed by atoms with Crippen LogP contribution in [0.2, 0.25) is 0 Å². The van der Waals surface area contributed by atoms with Gasteiger partial charge in [0.2, 0.25) is 0 Å². The second-order valence-corrected chi connectivity index (χ2v) is 12.9. The van der Waals surface area contributed by atoms with E-state index in [-0.39, 0.29) is 0 Å². The van der Waals surface area contributed by atoms with Crippen LogP contribution in [0.15, 0.2) is 188 Å². The fourth-order valence-corrected chi connectivity index (χ4v) is 7.52. The van der Waals surface area contributed by atoms with Gasteiger partial charge in [-0.3, -0.25) is 9.47 Å². The Morgan fingerprint density at radius 2 is 0.920 bits per heavy atom. The molecule has 9 aromatic rings. The minimum absolute atomic E-state index is 0.954. The van der Waals surface area contributed by atoms with Crippen LogP contribution in [0.1, 0.15) is 0 Å². The maximum atomic E-state index is 5.14. The van der Waals surface area contributed by atoms with Gasteiger partial charge in [-0.05, 0) is 76.5 Å². The molecule has 3 heteroatoms. The lowest BCUT2D eigenvalue weighted by atomic mass is 9.98. The average Bonchev–Trinajstić information content (AvgIpc) is 3.49. The van der Waals surface area contributed by atoms with Gasteiger partial charge in [0.15, 0.2) is 0 Å². The molecule has 0 fully saturated rings. The van der Waals surface area contributed by atoms with Crippen molar-refractivity contribution in [1.82, 2.24) is 9.55 Å². The normalized spacial score (nSPS) is 12.0. The Bertz CT molecular complexity index is 2650. The van der Waals surface area contributed by atoms with Gasteiger partial charge in [0.25, 0.3) is 0 Å². The molecule has 0 saturated carbocycles. The van der Waals surface area contributed by atoms with Crippen LogP contribution in [-0.4, -0.2) is 9.55 Å². The number of rotatable bonds is 4. The van der Waals surface area contributed by atoms with E-state index in [9.17, 15) is 0 Å². The summed E-state index contributed by atoms with van der Waals surface area (Å²) >= 11 is 0. The van der Waals surface area contributed by atoms with Gasteiger partial charge in [-0.2, -0.15) is 0 Å². The molecule has 3 nitrogen and oxygen atoms in total. The Labute approximate surface area is 291 Å². The van der Waals surface area contributed by atoms with Gasteiger partial charge in [0.1, 0.15) is 5.82 Å². The zero-order valence-electron chi connectivity index (χ0n) is 27.2. The van der Waals surface area contributed by atoms with Crippen LogP contribution in [0, 0.1) is 0 Å². The van der Waals surface area contributed by atoms with E-state index in [1.54, 1.807) is 0 Å². The van der Waals surface area contributed by atoms with Gasteiger partial charge >= 0.3 is 0 Å². The molecule has 0 bridgehead atoms. The van der Waals surface area contributed by atoms with Gasteiger partial charge in [-0.15, -0.1) is 0 Å². The Kier molecular flexibility index (Phi) is 6.49. The van der Waals surface area contributed by atoms with Gasteiger partial charge in [0.05, 0.1) is 28.3 Å². The average molecular weight is 638 g/mol. The number of nitrogens with zero attached hydrogens (tertiary/aromatic N) is 3. The first kappa shape index (κ1) is 28.3. The van der Waals surface area contributed by atoms with Crippen molar-refractivity contribution in [2.24, 2.45) is 0 Å². The first-order chi connectivity index (χ1) is 24.8. The van der Waals surface area contributed by atoms with E-state index in [2.05, 4.69) is 185 Å². The standard InChI is InChI=1S/C47H31N3/c1-3-14-32(15-4-1)42-28-37(29-43(48-42)33-16-5-2-6-17-33)35-20-13-21-39(27-35)49-44-24-11-9-22-40(44)41-23-10-12-25-45(41)50-46-30-36-19-8-7-18-34(36)26-38(46)31-47(49)50/h1-31H. The summed E-state index contributed by atoms with van der Waals surface area (Å²) in [5.41, 5.74) is 13.4. The number of para-hydroxylation sites is 2. The van der Waals surface area contributed by atoms with Gasteiger partial charge in [-0.1, -0.05) is 133 Å². The van der Waals surface area contributed by atoms with Crippen LogP contribution in [0.25, 0.3) is 72.1 Å². The van der Waals surface area contributed by atoms with Crippen molar-refractivity contribution in [1.29, 1.82) is 0 Å². The lowest BCUT2D eigenvalue weighted by Crippen LogP contribution is -2.13. The van der Waals surface area contributed by atoms with Crippen LogP contribution in [0.4, 0.5) is 17.2 Å². The number of aromatic nitrogens is 2. The molecule has 0 unspecified atom stereocenters. The summed E-state index contributed by atoms with van der Waals surface area (Å²) in [5, 5.41) is 3.68. The molecule has 0 radical (unpaired) electrons. The van der Waals surface area contributed by atoms with E-state index in [1.165, 1.54) is 38.5 Å². The Morgan fingerprint density at radius 3 is 1.62 bits per heavy atom. The fourth-order valence-electron chi connectivity index (χ4n) is 7.52. The molecule has 0 aliphatic carbocycles. The molecule has 10 rings (SSSR count). The first-order valence-corrected chi connectivity index (χ1v) is 17.1. The van der Waals surface area contributed by atoms with Crippen LogP contribution in [0.5, 0.6) is 0 Å². The zero-order valence-corrected chi connectivity index (χ0v) is 27.2. The molecule has 3 heterocycles. The van der Waals surface area contributed by atoms with E-state index < -0.39 is 0 Å². The van der Waals surface area contributed by atoms with E-state index >= 15 is 0 Å². The monoisotopic (exact) mass is 637 g/mol. The zero-order chi connectivity index (χ0) is 33.0. The quantitative estimate of drug-likeness (QED) is 0.191. The van der Waals surface area contributed by atoms with Gasteiger partial charge in [0, 0.05) is 33.3 Å². The smallest absolute Gasteiger partial charge is 0.123 e. The molecule has 1 aliphatic heterocycles. The van der Waals surface area contributed by atoms with Crippen LogP contribution in [-0.2, 0) is 0 Å². The van der Waals surface area contributed by atoms with Crippen molar-refractivity contribution in [3.63, 3.8) is 0 Å². The molecular weight excluding hydrogens is 607 g/mol. The molecule has 0 atom stereocenters. The van der Waals surface area contributed by atoms with E-state index in [1.807, 2.05) is 12.1 Å². The van der Waals surface area contributed by atoms with Crippen LogP contribution in [0.3, 0.4) is 0 Å². The van der Waals surface area contributed by atoms with Gasteiger partial charge in [-0.25, -0.2) is 4.98 Å². The Balaban J connectivity index is 1.22. The summed E-state index contributed by atoms with van der Waals surface area (Å²) in [5.74, 6) is 1.11. The fraction of sp³-hybridized carbons (Fsp3) is 0. The van der Waals surface area contributed by atoms with E-state index in [0.29, 0.717) is 0 Å². The van der Waals surface area contributed by atoms with Crippen LogP contribution >= 0.6 is 0 Å². The number of fused-ring (bicyclic) bond motifs is 8. The van der Waals surface area contributed by atoms with Gasteiger partial charge < -0.3 is 0 Å². The number of pyridine rings is 1. The molecule has 2 aromatic heterocycles. The SMILES string of the molecule is c1ccc(-c2cc(-c3cccc(N4c5ccccc5-c5ccccc5-n5c4cc4cc6ccccc6cc45)c3)cc(-c3ccccc3)n2)cc1. The highest BCUT2D eigenvalue weighted by Gasteiger charge is 2.28. The van der Waals surface area contributed by atoms with Crippen molar-refractivity contribution in [3.8, 4) is 50.5 Å². The highest BCUT2D eigenvalue weighted by molar-refractivity contribution is 6.04. The third-order valence-electron chi connectivity index (χ3n) is 9.86. The molecule has 234 valence electrons. The van der Waals surface area contributed by atoms with Crippen molar-refractivity contribution >= 4 is 38.9 Å². The number of hydrogen-bond acceptors (Lipinski definition) is 2. The molecule has 7 aromatic carbocycles. The highest BCUT2D eigenvalue weighted by Crippen LogP contribution is 2.49. The third-order valence-corrected chi connectivity index (χ3v) is 9.86. The van der Waals surface area contributed by atoms with Crippen molar-refractivity contribution < 1.29 is 0 Å². The number of anilines is 3. The highest BCUT2D eigenvalue weighted by atomic mass is 15.3. The van der Waals surface area contributed by atoms with Crippen LogP contribution < -0.4 is 4.90 Å². The Morgan fingerprint density at radius 1 is 0.360 bits per heavy atom. The number of hydrogen-bond donors (Lipinski definition) is 0. The summed E-state index contributed by atoms with van der Waals surface area (Å²) in [6.45, 7) is 0. The molecule has 0 spiro atoms. The second-order valence-electron chi connectivity index (χ2n) is 12.9. The van der Waals surface area contributed by atoms with E-state index in [4.69, 9.17) is 4.98 Å². The van der Waals surface area contributed by atoms with Crippen molar-refractivity contribution in [3.05, 3.63) is 188 Å².